The molecule has 0 saturated heterocycles. The standard InChI is InChI=1S/C12H10BrN5O3/c1-6-4-7(13)5-9(18(19)20)10(6)21-12-8(11(14)15)2-3-16-17-12/h2-5H,1H3,(H3,14,15). The third kappa shape index (κ3) is 3.14. The number of halogens is 1. The minimum atomic E-state index is -0.559. The van der Waals surface area contributed by atoms with E-state index in [1.807, 2.05) is 0 Å². The van der Waals surface area contributed by atoms with Gasteiger partial charge in [-0.1, -0.05) is 15.9 Å². The van der Waals surface area contributed by atoms with Gasteiger partial charge in [0.25, 0.3) is 0 Å². The topological polar surface area (TPSA) is 128 Å². The van der Waals surface area contributed by atoms with Crippen molar-refractivity contribution in [3.63, 3.8) is 0 Å². The average Bonchev–Trinajstić information content (AvgIpc) is 2.41. The van der Waals surface area contributed by atoms with Crippen LogP contribution in [0.1, 0.15) is 11.1 Å². The maximum atomic E-state index is 11.1. The number of nitrogen functional groups attached to an aromatic ring is 1. The van der Waals surface area contributed by atoms with Gasteiger partial charge in [-0.2, -0.15) is 5.10 Å². The van der Waals surface area contributed by atoms with Crippen molar-refractivity contribution in [2.45, 2.75) is 6.92 Å². The highest BCUT2D eigenvalue weighted by molar-refractivity contribution is 9.10. The zero-order valence-corrected chi connectivity index (χ0v) is 12.4. The number of aromatic nitrogens is 2. The van der Waals surface area contributed by atoms with Crippen LogP contribution in [0.25, 0.3) is 0 Å². The number of benzene rings is 1. The monoisotopic (exact) mass is 351 g/mol. The number of nitro benzene ring substituents is 1. The lowest BCUT2D eigenvalue weighted by Crippen LogP contribution is -2.13. The Morgan fingerprint density at radius 3 is 2.86 bits per heavy atom. The van der Waals surface area contributed by atoms with Crippen LogP contribution in [0.4, 0.5) is 5.69 Å². The van der Waals surface area contributed by atoms with Crippen molar-refractivity contribution in [2.24, 2.45) is 5.73 Å². The quantitative estimate of drug-likeness (QED) is 0.377. The van der Waals surface area contributed by atoms with Crippen LogP contribution < -0.4 is 10.5 Å². The van der Waals surface area contributed by atoms with E-state index in [2.05, 4.69) is 26.1 Å². The third-order valence-electron chi connectivity index (χ3n) is 2.59. The molecule has 3 N–H and O–H groups in total. The minimum Gasteiger partial charge on any atom is -0.429 e. The van der Waals surface area contributed by atoms with E-state index < -0.39 is 4.92 Å². The number of aryl methyl sites for hydroxylation is 1. The van der Waals surface area contributed by atoms with Crippen molar-refractivity contribution in [3.8, 4) is 11.6 Å². The Labute approximate surface area is 127 Å². The maximum absolute atomic E-state index is 11.1. The highest BCUT2D eigenvalue weighted by Crippen LogP contribution is 2.37. The molecule has 0 saturated carbocycles. The van der Waals surface area contributed by atoms with Gasteiger partial charge in [-0.15, -0.1) is 5.10 Å². The summed E-state index contributed by atoms with van der Waals surface area (Å²) in [6.45, 7) is 1.66. The van der Waals surface area contributed by atoms with Gasteiger partial charge < -0.3 is 10.5 Å². The predicted octanol–water partition coefficient (Wildman–Crippen LogP) is 2.53. The summed E-state index contributed by atoms with van der Waals surface area (Å²) in [5.41, 5.74) is 5.95. The van der Waals surface area contributed by atoms with E-state index in [9.17, 15) is 10.1 Å². The molecule has 21 heavy (non-hydrogen) atoms. The van der Waals surface area contributed by atoms with Crippen molar-refractivity contribution in [1.82, 2.24) is 10.2 Å². The highest BCUT2D eigenvalue weighted by Gasteiger charge is 2.22. The molecule has 0 unspecified atom stereocenters. The van der Waals surface area contributed by atoms with Gasteiger partial charge in [0.1, 0.15) is 5.84 Å². The Bertz CT molecular complexity index is 735. The Morgan fingerprint density at radius 1 is 1.52 bits per heavy atom. The summed E-state index contributed by atoms with van der Waals surface area (Å²) in [4.78, 5) is 10.6. The van der Waals surface area contributed by atoms with E-state index in [4.69, 9.17) is 15.9 Å². The van der Waals surface area contributed by atoms with Crippen molar-refractivity contribution in [2.75, 3.05) is 0 Å². The molecule has 8 nitrogen and oxygen atoms in total. The van der Waals surface area contributed by atoms with Gasteiger partial charge >= 0.3 is 5.69 Å². The van der Waals surface area contributed by atoms with Gasteiger partial charge in [0, 0.05) is 16.1 Å². The first-order valence-electron chi connectivity index (χ1n) is 5.68. The van der Waals surface area contributed by atoms with Crippen LogP contribution in [0.3, 0.4) is 0 Å². The van der Waals surface area contributed by atoms with Gasteiger partial charge in [0.15, 0.2) is 0 Å². The average molecular weight is 352 g/mol. The van der Waals surface area contributed by atoms with E-state index in [-0.39, 0.29) is 28.7 Å². The van der Waals surface area contributed by atoms with Crippen molar-refractivity contribution >= 4 is 27.5 Å². The fraction of sp³-hybridized carbons (Fsp3) is 0.0833. The zero-order valence-electron chi connectivity index (χ0n) is 10.8. The van der Waals surface area contributed by atoms with Crippen LogP contribution in [-0.2, 0) is 0 Å². The summed E-state index contributed by atoms with van der Waals surface area (Å²) in [7, 11) is 0. The Balaban J connectivity index is 2.55. The van der Waals surface area contributed by atoms with Crippen LogP contribution in [0, 0.1) is 22.4 Å². The van der Waals surface area contributed by atoms with E-state index in [0.29, 0.717) is 10.0 Å². The van der Waals surface area contributed by atoms with Crippen LogP contribution in [0.15, 0.2) is 28.9 Å². The molecule has 2 rings (SSSR count). The lowest BCUT2D eigenvalue weighted by molar-refractivity contribution is -0.385. The number of nitrogens with one attached hydrogen (secondary N) is 1. The summed E-state index contributed by atoms with van der Waals surface area (Å²) < 4.78 is 6.05. The van der Waals surface area contributed by atoms with Crippen molar-refractivity contribution in [1.29, 1.82) is 5.41 Å². The van der Waals surface area contributed by atoms with Crippen molar-refractivity contribution in [3.05, 3.63) is 50.1 Å². The lowest BCUT2D eigenvalue weighted by atomic mass is 10.2. The third-order valence-corrected chi connectivity index (χ3v) is 3.05. The van der Waals surface area contributed by atoms with Crippen LogP contribution in [-0.4, -0.2) is 21.0 Å². The first kappa shape index (κ1) is 14.9. The normalized spacial score (nSPS) is 10.2. The molecule has 1 heterocycles. The van der Waals surface area contributed by atoms with Crippen molar-refractivity contribution < 1.29 is 9.66 Å². The maximum Gasteiger partial charge on any atom is 0.313 e. The number of nitro groups is 1. The number of nitrogens with two attached hydrogens (primary N) is 1. The molecular formula is C12H10BrN5O3. The number of rotatable bonds is 4. The molecule has 9 heteroatoms. The number of ether oxygens (including phenoxy) is 1. The zero-order chi connectivity index (χ0) is 15.6. The number of amidine groups is 1. The van der Waals surface area contributed by atoms with E-state index >= 15 is 0 Å². The molecule has 0 spiro atoms. The molecule has 0 bridgehead atoms. The molecule has 108 valence electrons. The molecule has 0 aliphatic rings. The van der Waals surface area contributed by atoms with Crippen LogP contribution in [0.5, 0.6) is 11.6 Å². The molecule has 0 aliphatic carbocycles. The first-order chi connectivity index (χ1) is 9.90. The molecule has 1 aromatic carbocycles. The molecule has 0 fully saturated rings. The van der Waals surface area contributed by atoms with Crippen LogP contribution >= 0.6 is 15.9 Å². The predicted molar refractivity (Wildman–Crippen MR) is 78.7 cm³/mol. The SMILES string of the molecule is Cc1cc(Br)cc([N+](=O)[O-])c1Oc1nnccc1C(=N)N. The second-order valence-corrected chi connectivity index (χ2v) is 5.01. The molecule has 0 atom stereocenters. The molecule has 1 aromatic heterocycles. The summed E-state index contributed by atoms with van der Waals surface area (Å²) in [6.07, 6.45) is 1.35. The van der Waals surface area contributed by atoms with Gasteiger partial charge in [-0.25, -0.2) is 0 Å². The van der Waals surface area contributed by atoms with E-state index in [0.717, 1.165) is 0 Å². The Hall–Kier alpha value is -2.55. The molecule has 0 radical (unpaired) electrons. The first-order valence-corrected chi connectivity index (χ1v) is 6.48. The molecule has 0 amide bonds. The Kier molecular flexibility index (Phi) is 4.13. The minimum absolute atomic E-state index is 0.0335. The summed E-state index contributed by atoms with van der Waals surface area (Å²) in [5.74, 6) is -0.290. The smallest absolute Gasteiger partial charge is 0.313 e. The van der Waals surface area contributed by atoms with Crippen LogP contribution in [0.2, 0.25) is 0 Å². The van der Waals surface area contributed by atoms with Gasteiger partial charge in [0.05, 0.1) is 16.7 Å². The van der Waals surface area contributed by atoms with E-state index in [1.54, 1.807) is 13.0 Å². The second-order valence-electron chi connectivity index (χ2n) is 4.09. The van der Waals surface area contributed by atoms with Gasteiger partial charge in [0.2, 0.25) is 11.6 Å². The van der Waals surface area contributed by atoms with Gasteiger partial charge in [-0.05, 0) is 19.1 Å². The second kappa shape index (κ2) is 5.83. The number of hydrogen-bond acceptors (Lipinski definition) is 6. The lowest BCUT2D eigenvalue weighted by Gasteiger charge is -2.10. The largest absolute Gasteiger partial charge is 0.429 e. The fourth-order valence-electron chi connectivity index (χ4n) is 1.68. The molecular weight excluding hydrogens is 342 g/mol. The summed E-state index contributed by atoms with van der Waals surface area (Å²) in [6, 6.07) is 4.45. The van der Waals surface area contributed by atoms with Gasteiger partial charge in [-0.3, -0.25) is 15.5 Å². The summed E-state index contributed by atoms with van der Waals surface area (Å²) >= 11 is 3.20. The highest BCUT2D eigenvalue weighted by atomic mass is 79.9. The molecule has 0 aliphatic heterocycles. The fourth-order valence-corrected chi connectivity index (χ4v) is 2.24. The number of nitrogens with zero attached hydrogens (tertiary/aromatic N) is 3. The molecule has 2 aromatic rings. The summed E-state index contributed by atoms with van der Waals surface area (Å²) in [5, 5.41) is 26.0. The Morgan fingerprint density at radius 2 is 2.24 bits per heavy atom. The number of hydrogen-bond donors (Lipinski definition) is 2. The van der Waals surface area contributed by atoms with E-state index in [1.165, 1.54) is 18.3 Å².